The maximum absolute atomic E-state index is 2.52. The van der Waals surface area contributed by atoms with Crippen LogP contribution in [0, 0.1) is 0 Å². The van der Waals surface area contributed by atoms with Crippen molar-refractivity contribution in [2.75, 3.05) is 4.90 Å². The third-order valence-corrected chi connectivity index (χ3v) is 11.7. The Balaban J connectivity index is 1.27. The molecule has 11 aromatic rings. The molecular weight excluding hydrogens is 637 g/mol. The molecule has 0 N–H and O–H groups in total. The summed E-state index contributed by atoms with van der Waals surface area (Å²) in [6.45, 7) is 0. The van der Waals surface area contributed by atoms with E-state index in [0.717, 1.165) is 17.1 Å². The highest BCUT2D eigenvalue weighted by atomic mass is 32.1. The first kappa shape index (κ1) is 28.4. The van der Waals surface area contributed by atoms with Crippen LogP contribution in [-0.2, 0) is 0 Å². The Morgan fingerprint density at radius 3 is 1.84 bits per heavy atom. The summed E-state index contributed by atoms with van der Waals surface area (Å²) in [5.41, 5.74) is 7.01. The van der Waals surface area contributed by atoms with Crippen molar-refractivity contribution in [3.05, 3.63) is 182 Å². The maximum atomic E-state index is 2.52. The van der Waals surface area contributed by atoms with Crippen LogP contribution in [0.3, 0.4) is 0 Å². The Morgan fingerprint density at radius 1 is 0.373 bits per heavy atom. The molecule has 11 rings (SSSR count). The first-order valence-corrected chi connectivity index (χ1v) is 18.3. The van der Waals surface area contributed by atoms with Gasteiger partial charge in [-0.1, -0.05) is 121 Å². The van der Waals surface area contributed by atoms with Gasteiger partial charge in [0.15, 0.2) is 0 Å². The zero-order valence-electron chi connectivity index (χ0n) is 27.6. The van der Waals surface area contributed by atoms with E-state index in [1.54, 1.807) is 0 Å². The Hall–Kier alpha value is -6.42. The van der Waals surface area contributed by atoms with Crippen molar-refractivity contribution in [3.8, 4) is 5.69 Å². The third-order valence-electron chi connectivity index (χ3n) is 10.5. The van der Waals surface area contributed by atoms with E-state index in [0.29, 0.717) is 0 Å². The number of rotatable bonds is 4. The van der Waals surface area contributed by atoms with E-state index in [2.05, 4.69) is 191 Å². The molecule has 0 fully saturated rings. The van der Waals surface area contributed by atoms with Gasteiger partial charge in [0.1, 0.15) is 0 Å². The minimum atomic E-state index is 1.13. The van der Waals surface area contributed by atoms with E-state index in [9.17, 15) is 0 Å². The smallest absolute Gasteiger partial charge is 0.0562 e. The van der Waals surface area contributed by atoms with Crippen molar-refractivity contribution in [2.45, 2.75) is 0 Å². The van der Waals surface area contributed by atoms with Gasteiger partial charge in [0, 0.05) is 42.3 Å². The van der Waals surface area contributed by atoms with Gasteiger partial charge < -0.3 is 9.47 Å². The SMILES string of the molecule is c1ccc(-n2c3ccccc3c3c(N(c4ccc5ccc6c7ccccc7ccc6c5c4)c4cccc5sc6ccccc6c45)cccc32)cc1. The molecule has 238 valence electrons. The molecule has 0 spiro atoms. The molecule has 0 unspecified atom stereocenters. The van der Waals surface area contributed by atoms with Gasteiger partial charge in [0.05, 0.1) is 22.4 Å². The predicted molar refractivity (Wildman–Crippen MR) is 221 cm³/mol. The molecule has 0 saturated heterocycles. The monoisotopic (exact) mass is 666 g/mol. The van der Waals surface area contributed by atoms with Crippen molar-refractivity contribution in [2.24, 2.45) is 0 Å². The van der Waals surface area contributed by atoms with Crippen molar-refractivity contribution in [1.82, 2.24) is 4.57 Å². The molecule has 2 aromatic heterocycles. The molecule has 0 aliphatic carbocycles. The second-order valence-corrected chi connectivity index (χ2v) is 14.4. The van der Waals surface area contributed by atoms with E-state index >= 15 is 0 Å². The highest BCUT2D eigenvalue weighted by Gasteiger charge is 2.24. The van der Waals surface area contributed by atoms with Gasteiger partial charge in [-0.2, -0.15) is 0 Å². The molecule has 0 bridgehead atoms. The topological polar surface area (TPSA) is 8.17 Å². The van der Waals surface area contributed by atoms with Crippen LogP contribution in [0.5, 0.6) is 0 Å². The number of para-hydroxylation sites is 2. The molecule has 2 heterocycles. The molecule has 0 amide bonds. The van der Waals surface area contributed by atoms with Gasteiger partial charge in [-0.3, -0.25) is 0 Å². The van der Waals surface area contributed by atoms with Crippen LogP contribution in [0.2, 0.25) is 0 Å². The highest BCUT2D eigenvalue weighted by Crippen LogP contribution is 2.49. The summed E-state index contributed by atoms with van der Waals surface area (Å²) < 4.78 is 5.00. The molecular formula is C48H30N2S. The largest absolute Gasteiger partial charge is 0.309 e. The van der Waals surface area contributed by atoms with Crippen LogP contribution in [0.25, 0.3) is 80.0 Å². The maximum Gasteiger partial charge on any atom is 0.0562 e. The number of hydrogen-bond donors (Lipinski definition) is 0. The Labute approximate surface area is 298 Å². The standard InChI is InChI=1S/C48H30N2S/c1-2-13-33(14-3-1)49-41-18-8-6-16-38(41)47-42(49)19-10-20-43(47)50(44-21-11-23-46-48(44)39-17-7-9-22-45(39)51-46)34-27-24-32-26-28-36-35-15-5-4-12-31(35)25-29-37(36)40(32)30-34/h1-30H. The van der Waals surface area contributed by atoms with Crippen LogP contribution in [0.1, 0.15) is 0 Å². The van der Waals surface area contributed by atoms with E-state index in [1.807, 2.05) is 11.3 Å². The average Bonchev–Trinajstić information content (AvgIpc) is 3.75. The zero-order valence-corrected chi connectivity index (χ0v) is 28.4. The van der Waals surface area contributed by atoms with Gasteiger partial charge in [0.25, 0.3) is 0 Å². The summed E-state index contributed by atoms with van der Waals surface area (Å²) in [5, 5.41) is 12.6. The number of anilines is 3. The normalized spacial score (nSPS) is 11.9. The minimum absolute atomic E-state index is 1.13. The second-order valence-electron chi connectivity index (χ2n) is 13.3. The number of aromatic nitrogens is 1. The highest BCUT2D eigenvalue weighted by molar-refractivity contribution is 7.26. The summed E-state index contributed by atoms with van der Waals surface area (Å²) in [5.74, 6) is 0. The quantitative estimate of drug-likeness (QED) is 0.170. The van der Waals surface area contributed by atoms with Gasteiger partial charge >= 0.3 is 0 Å². The molecule has 0 radical (unpaired) electrons. The summed E-state index contributed by atoms with van der Waals surface area (Å²) in [6, 6.07) is 66.8. The average molecular weight is 667 g/mol. The zero-order chi connectivity index (χ0) is 33.5. The van der Waals surface area contributed by atoms with Crippen LogP contribution < -0.4 is 4.90 Å². The van der Waals surface area contributed by atoms with Gasteiger partial charge in [-0.15, -0.1) is 11.3 Å². The fourth-order valence-corrected chi connectivity index (χ4v) is 9.46. The van der Waals surface area contributed by atoms with E-state index in [1.165, 1.54) is 80.0 Å². The fraction of sp³-hybridized carbons (Fsp3) is 0. The predicted octanol–water partition coefficient (Wildman–Crippen LogP) is 14.1. The lowest BCUT2D eigenvalue weighted by Gasteiger charge is -2.28. The van der Waals surface area contributed by atoms with E-state index < -0.39 is 0 Å². The van der Waals surface area contributed by atoms with Gasteiger partial charge in [-0.25, -0.2) is 0 Å². The van der Waals surface area contributed by atoms with Gasteiger partial charge in [-0.05, 0) is 93.0 Å². The summed E-state index contributed by atoms with van der Waals surface area (Å²) in [6.07, 6.45) is 0. The van der Waals surface area contributed by atoms with Crippen molar-refractivity contribution in [3.63, 3.8) is 0 Å². The van der Waals surface area contributed by atoms with Gasteiger partial charge in [0.2, 0.25) is 0 Å². The Morgan fingerprint density at radius 2 is 0.980 bits per heavy atom. The number of benzene rings is 9. The molecule has 0 atom stereocenters. The second kappa shape index (κ2) is 11.0. The van der Waals surface area contributed by atoms with E-state index in [4.69, 9.17) is 0 Å². The fourth-order valence-electron chi connectivity index (χ4n) is 8.34. The first-order valence-electron chi connectivity index (χ1n) is 17.4. The van der Waals surface area contributed by atoms with Crippen LogP contribution in [0.4, 0.5) is 17.1 Å². The number of nitrogens with zero attached hydrogens (tertiary/aromatic N) is 2. The minimum Gasteiger partial charge on any atom is -0.309 e. The van der Waals surface area contributed by atoms with Crippen LogP contribution in [0.15, 0.2) is 182 Å². The van der Waals surface area contributed by atoms with Crippen molar-refractivity contribution in [1.29, 1.82) is 0 Å². The molecule has 51 heavy (non-hydrogen) atoms. The summed E-state index contributed by atoms with van der Waals surface area (Å²) >= 11 is 1.87. The number of hydrogen-bond acceptors (Lipinski definition) is 2. The molecule has 0 aliphatic rings. The molecule has 0 saturated carbocycles. The van der Waals surface area contributed by atoms with Crippen LogP contribution >= 0.6 is 11.3 Å². The number of thiophene rings is 1. The Kier molecular flexibility index (Phi) is 6.16. The summed E-state index contributed by atoms with van der Waals surface area (Å²) in [4.78, 5) is 2.52. The van der Waals surface area contributed by atoms with Crippen molar-refractivity contribution < 1.29 is 0 Å². The number of fused-ring (bicyclic) bond motifs is 11. The lowest BCUT2D eigenvalue weighted by atomic mass is 9.96. The molecule has 2 nitrogen and oxygen atoms in total. The lowest BCUT2D eigenvalue weighted by Crippen LogP contribution is -2.11. The van der Waals surface area contributed by atoms with Crippen molar-refractivity contribution >= 4 is 103 Å². The summed E-state index contributed by atoms with van der Waals surface area (Å²) in [7, 11) is 0. The Bertz CT molecular complexity index is 3150. The molecule has 0 aliphatic heterocycles. The van der Waals surface area contributed by atoms with E-state index in [-0.39, 0.29) is 0 Å². The molecule has 9 aromatic carbocycles. The first-order chi connectivity index (χ1) is 25.3. The van der Waals surface area contributed by atoms with Crippen LogP contribution in [-0.4, -0.2) is 4.57 Å². The third kappa shape index (κ3) is 4.22. The lowest BCUT2D eigenvalue weighted by molar-refractivity contribution is 1.18. The molecule has 3 heteroatoms.